The van der Waals surface area contributed by atoms with E-state index in [9.17, 15) is 37.1 Å². The second-order valence-electron chi connectivity index (χ2n) is 13.7. The lowest BCUT2D eigenvalue weighted by molar-refractivity contribution is -0.146. The lowest BCUT2D eigenvalue weighted by Crippen LogP contribution is -2.54. The van der Waals surface area contributed by atoms with Crippen LogP contribution in [-0.2, 0) is 14.4 Å². The van der Waals surface area contributed by atoms with Gasteiger partial charge in [0.25, 0.3) is 0 Å². The molecule has 0 saturated carbocycles. The van der Waals surface area contributed by atoms with Crippen molar-refractivity contribution in [2.75, 3.05) is 26.2 Å². The molecule has 0 aromatic heterocycles. The minimum absolute atomic E-state index is 0.0220. The van der Waals surface area contributed by atoms with E-state index in [4.69, 9.17) is 4.74 Å². The van der Waals surface area contributed by atoms with Crippen LogP contribution in [0, 0.1) is 30.9 Å². The molecule has 3 aromatic rings. The van der Waals surface area contributed by atoms with Gasteiger partial charge in [0.2, 0.25) is 11.8 Å². The Morgan fingerprint density at radius 2 is 1.76 bits per heavy atom. The number of aliphatic carboxylic acids is 1. The van der Waals surface area contributed by atoms with Crippen LogP contribution in [0.4, 0.5) is 26.3 Å². The number of carbonyl (C=O) groups excluding carboxylic acids is 2. The standard InChI is InChI=1S/C37H35F6N3O5/c1-19-5-4-6-28-32(19)21-11-20(2)33(40)25(12-21)27(14-31(48)49)44-35(50)34(24-13-23(51-28)7-8-26(24)39)46-18-36(3,9-10-45-16-22(38)17-45)29(15-30(46)47)37(41,42)43/h4-8,11-13,15,22,27,34H,9-10,14,16-18H2,1-3H3,(H,44,50)(H,48,49)/t27-,34-,36?/m0/s1. The number of fused-ring (bicyclic) bond motifs is 6. The number of halogens is 6. The van der Waals surface area contributed by atoms with E-state index in [0.717, 1.165) is 17.0 Å². The zero-order valence-corrected chi connectivity index (χ0v) is 27.9. The van der Waals surface area contributed by atoms with E-state index in [1.807, 2.05) is 0 Å². The van der Waals surface area contributed by atoms with Crippen molar-refractivity contribution in [3.8, 4) is 22.6 Å². The number of ether oxygens (including phenoxy) is 1. The Labute approximate surface area is 289 Å². The van der Waals surface area contributed by atoms with Crippen molar-refractivity contribution in [3.05, 3.63) is 94.1 Å². The number of amides is 2. The summed E-state index contributed by atoms with van der Waals surface area (Å²) in [5.74, 6) is -5.37. The second kappa shape index (κ2) is 13.4. The summed E-state index contributed by atoms with van der Waals surface area (Å²) in [4.78, 5) is 42.6. The molecule has 0 radical (unpaired) electrons. The molecule has 0 aliphatic carbocycles. The van der Waals surface area contributed by atoms with Gasteiger partial charge >= 0.3 is 12.1 Å². The number of carboxylic acids is 1. The van der Waals surface area contributed by atoms with Gasteiger partial charge in [-0.3, -0.25) is 19.3 Å². The summed E-state index contributed by atoms with van der Waals surface area (Å²) < 4.78 is 94.9. The number of nitrogens with zero attached hydrogens (tertiary/aromatic N) is 2. The number of aryl methyl sites for hydroxylation is 2. The van der Waals surface area contributed by atoms with Gasteiger partial charge in [0.05, 0.1) is 12.5 Å². The van der Waals surface area contributed by atoms with Crippen molar-refractivity contribution < 1.29 is 50.6 Å². The fourth-order valence-electron chi connectivity index (χ4n) is 7.20. The Bertz CT molecular complexity index is 1940. The van der Waals surface area contributed by atoms with Gasteiger partial charge in [-0.2, -0.15) is 13.2 Å². The largest absolute Gasteiger partial charge is 0.481 e. The molecule has 14 heteroatoms. The molecule has 1 fully saturated rings. The van der Waals surface area contributed by atoms with E-state index in [-0.39, 0.29) is 48.7 Å². The molecule has 0 spiro atoms. The van der Waals surface area contributed by atoms with E-state index >= 15 is 8.78 Å². The number of alkyl halides is 4. The molecule has 3 aliphatic rings. The van der Waals surface area contributed by atoms with Gasteiger partial charge in [-0.15, -0.1) is 0 Å². The maximum absolute atomic E-state index is 15.9. The highest BCUT2D eigenvalue weighted by atomic mass is 19.4. The van der Waals surface area contributed by atoms with Crippen LogP contribution in [0.2, 0.25) is 0 Å². The highest BCUT2D eigenvalue weighted by molar-refractivity contribution is 5.95. The zero-order valence-electron chi connectivity index (χ0n) is 27.9. The van der Waals surface area contributed by atoms with Gasteiger partial charge in [-0.25, -0.2) is 13.2 Å². The highest BCUT2D eigenvalue weighted by Gasteiger charge is 2.52. The number of hydrogen-bond acceptors (Lipinski definition) is 5. The molecule has 1 saturated heterocycles. The predicted octanol–water partition coefficient (Wildman–Crippen LogP) is 7.11. The molecule has 3 aliphatic heterocycles. The van der Waals surface area contributed by atoms with Gasteiger partial charge in [0.1, 0.15) is 35.3 Å². The van der Waals surface area contributed by atoms with Crippen molar-refractivity contribution >= 4 is 17.8 Å². The normalized spacial score (nSPS) is 22.8. The summed E-state index contributed by atoms with van der Waals surface area (Å²) in [7, 11) is 0. The Balaban J connectivity index is 1.53. The van der Waals surface area contributed by atoms with Crippen LogP contribution in [0.15, 0.2) is 60.2 Å². The molecule has 4 bridgehead atoms. The van der Waals surface area contributed by atoms with E-state index in [1.54, 1.807) is 30.0 Å². The third-order valence-corrected chi connectivity index (χ3v) is 9.84. The Hall–Kier alpha value is -4.85. The minimum Gasteiger partial charge on any atom is -0.481 e. The van der Waals surface area contributed by atoms with Gasteiger partial charge < -0.3 is 20.1 Å². The van der Waals surface area contributed by atoms with Crippen molar-refractivity contribution in [1.82, 2.24) is 15.1 Å². The molecule has 51 heavy (non-hydrogen) atoms. The Morgan fingerprint density at radius 1 is 1.04 bits per heavy atom. The molecule has 3 atom stereocenters. The van der Waals surface area contributed by atoms with Gasteiger partial charge in [-0.1, -0.05) is 19.1 Å². The quantitative estimate of drug-likeness (QED) is 0.264. The van der Waals surface area contributed by atoms with Crippen molar-refractivity contribution in [3.63, 3.8) is 0 Å². The van der Waals surface area contributed by atoms with E-state index < -0.39 is 83.4 Å². The van der Waals surface area contributed by atoms with Crippen LogP contribution in [0.3, 0.4) is 0 Å². The summed E-state index contributed by atoms with van der Waals surface area (Å²) in [5.41, 5.74) is -1.87. The molecule has 3 heterocycles. The zero-order chi connectivity index (χ0) is 37.0. The predicted molar refractivity (Wildman–Crippen MR) is 174 cm³/mol. The van der Waals surface area contributed by atoms with Gasteiger partial charge in [0, 0.05) is 53.4 Å². The first-order valence-corrected chi connectivity index (χ1v) is 16.3. The number of nitrogens with one attached hydrogen (secondary N) is 1. The lowest BCUT2D eigenvalue weighted by Gasteiger charge is -2.45. The van der Waals surface area contributed by atoms with Gasteiger partial charge in [0.15, 0.2) is 0 Å². The average molecular weight is 716 g/mol. The Kier molecular flexibility index (Phi) is 9.42. The van der Waals surface area contributed by atoms with Crippen molar-refractivity contribution in [2.45, 2.75) is 58.0 Å². The number of carbonyl (C=O) groups is 3. The van der Waals surface area contributed by atoms with Crippen LogP contribution >= 0.6 is 0 Å². The molecular weight excluding hydrogens is 680 g/mol. The third-order valence-electron chi connectivity index (χ3n) is 9.84. The molecule has 2 amide bonds. The monoisotopic (exact) mass is 715 g/mol. The van der Waals surface area contributed by atoms with Crippen LogP contribution in [0.1, 0.15) is 54.1 Å². The molecular formula is C37H35F6N3O5. The molecule has 1 unspecified atom stereocenters. The first-order chi connectivity index (χ1) is 23.9. The fraction of sp³-hybridized carbons (Fsp3) is 0.378. The summed E-state index contributed by atoms with van der Waals surface area (Å²) >= 11 is 0. The highest BCUT2D eigenvalue weighted by Crippen LogP contribution is 2.47. The topological polar surface area (TPSA) is 99.2 Å². The van der Waals surface area contributed by atoms with E-state index in [1.165, 1.54) is 32.0 Å². The number of rotatable bonds is 6. The van der Waals surface area contributed by atoms with Gasteiger partial charge in [-0.05, 0) is 79.9 Å². The lowest BCUT2D eigenvalue weighted by atomic mass is 9.74. The van der Waals surface area contributed by atoms with E-state index in [0.29, 0.717) is 22.8 Å². The fourth-order valence-corrected chi connectivity index (χ4v) is 7.20. The first-order valence-electron chi connectivity index (χ1n) is 16.3. The molecule has 3 aromatic carbocycles. The smallest absolute Gasteiger partial charge is 0.413 e. The van der Waals surface area contributed by atoms with Crippen LogP contribution in [-0.4, -0.2) is 71.2 Å². The average Bonchev–Trinajstić information content (AvgIpc) is 3.02. The number of carboxylic acid groups (broad SMARTS) is 1. The number of hydrogen-bond donors (Lipinski definition) is 2. The molecule has 270 valence electrons. The van der Waals surface area contributed by atoms with E-state index in [2.05, 4.69) is 5.32 Å². The number of likely N-dealkylation sites (tertiary alicyclic amines) is 1. The second-order valence-corrected chi connectivity index (χ2v) is 13.7. The van der Waals surface area contributed by atoms with Crippen LogP contribution in [0.5, 0.6) is 11.5 Å². The summed E-state index contributed by atoms with van der Waals surface area (Å²) in [5, 5.41) is 12.3. The summed E-state index contributed by atoms with van der Waals surface area (Å²) in [6.45, 7) is 3.93. The minimum atomic E-state index is -4.95. The van der Waals surface area contributed by atoms with Crippen LogP contribution < -0.4 is 10.1 Å². The number of benzene rings is 3. The molecule has 8 nitrogen and oxygen atoms in total. The Morgan fingerprint density at radius 3 is 2.43 bits per heavy atom. The maximum Gasteiger partial charge on any atom is 0.413 e. The molecule has 6 rings (SSSR count). The third kappa shape index (κ3) is 7.06. The SMILES string of the molecule is Cc1cc2cc(c1F)[C@H](CC(=O)O)NC(=O)[C@@H](N1CC(C)(CCN3CC(F)C3)C(C(F)(F)F)=CC1=O)c1cc(ccc1F)Oc1cccc(C)c1-2. The summed E-state index contributed by atoms with van der Waals surface area (Å²) in [6.07, 6.45) is -6.69. The maximum atomic E-state index is 15.9. The van der Waals surface area contributed by atoms with Crippen molar-refractivity contribution in [1.29, 1.82) is 0 Å². The first kappa shape index (κ1) is 36.0. The summed E-state index contributed by atoms with van der Waals surface area (Å²) in [6, 6.07) is 7.94. The molecule has 2 N–H and O–H groups in total. The van der Waals surface area contributed by atoms with Crippen LogP contribution in [0.25, 0.3) is 11.1 Å². The van der Waals surface area contributed by atoms with Crippen molar-refractivity contribution in [2.24, 2.45) is 5.41 Å².